The topological polar surface area (TPSA) is 28.4 Å². The van der Waals surface area contributed by atoms with Crippen molar-refractivity contribution in [3.8, 4) is 0 Å². The summed E-state index contributed by atoms with van der Waals surface area (Å²) in [6, 6.07) is 12.4. The van der Waals surface area contributed by atoms with Gasteiger partial charge in [0, 0.05) is 18.8 Å². The Hall–Kier alpha value is -1.74. The lowest BCUT2D eigenvalue weighted by atomic mass is 10.2. The van der Waals surface area contributed by atoms with Crippen LogP contribution in [0, 0.1) is 6.92 Å². The molecule has 0 fully saturated rings. The van der Waals surface area contributed by atoms with E-state index in [1.807, 2.05) is 12.1 Å². The molecule has 3 heteroatoms. The summed E-state index contributed by atoms with van der Waals surface area (Å²) in [5.41, 5.74) is 2.47. The SMILES string of the molecule is CCN(CCNc1cccc(C)c1)Cc1ccco1. The van der Waals surface area contributed by atoms with Gasteiger partial charge in [-0.05, 0) is 43.3 Å². The molecule has 0 aliphatic carbocycles. The zero-order valence-electron chi connectivity index (χ0n) is 11.7. The van der Waals surface area contributed by atoms with E-state index in [1.54, 1.807) is 6.26 Å². The van der Waals surface area contributed by atoms with E-state index in [9.17, 15) is 0 Å². The zero-order valence-corrected chi connectivity index (χ0v) is 11.7. The average molecular weight is 258 g/mol. The molecule has 1 aromatic carbocycles. The molecule has 102 valence electrons. The van der Waals surface area contributed by atoms with E-state index < -0.39 is 0 Å². The van der Waals surface area contributed by atoms with Gasteiger partial charge in [-0.15, -0.1) is 0 Å². The molecule has 0 bridgehead atoms. The maximum absolute atomic E-state index is 5.38. The molecular formula is C16H22N2O. The summed E-state index contributed by atoms with van der Waals surface area (Å²) in [6.07, 6.45) is 1.73. The van der Waals surface area contributed by atoms with Gasteiger partial charge in [-0.2, -0.15) is 0 Å². The summed E-state index contributed by atoms with van der Waals surface area (Å²) in [5, 5.41) is 3.46. The van der Waals surface area contributed by atoms with Crippen LogP contribution in [0.15, 0.2) is 47.1 Å². The van der Waals surface area contributed by atoms with Crippen LogP contribution in [0.5, 0.6) is 0 Å². The van der Waals surface area contributed by atoms with Crippen LogP contribution in [0.2, 0.25) is 0 Å². The number of hydrogen-bond acceptors (Lipinski definition) is 3. The molecule has 0 unspecified atom stereocenters. The van der Waals surface area contributed by atoms with Gasteiger partial charge >= 0.3 is 0 Å². The van der Waals surface area contributed by atoms with Crippen LogP contribution >= 0.6 is 0 Å². The molecular weight excluding hydrogens is 236 g/mol. The lowest BCUT2D eigenvalue weighted by Crippen LogP contribution is -2.28. The van der Waals surface area contributed by atoms with Gasteiger partial charge in [0.25, 0.3) is 0 Å². The minimum atomic E-state index is 0.874. The number of likely N-dealkylation sites (N-methyl/N-ethyl adjacent to an activating group) is 1. The van der Waals surface area contributed by atoms with Crippen LogP contribution in [-0.2, 0) is 6.54 Å². The highest BCUT2D eigenvalue weighted by Crippen LogP contribution is 2.09. The summed E-state index contributed by atoms with van der Waals surface area (Å²) >= 11 is 0. The average Bonchev–Trinajstić information content (AvgIpc) is 2.90. The lowest BCUT2D eigenvalue weighted by molar-refractivity contribution is 0.265. The maximum atomic E-state index is 5.38. The predicted octanol–water partition coefficient (Wildman–Crippen LogP) is 3.52. The van der Waals surface area contributed by atoms with Crippen molar-refractivity contribution in [1.29, 1.82) is 0 Å². The van der Waals surface area contributed by atoms with Crippen molar-refractivity contribution in [3.05, 3.63) is 54.0 Å². The second-order valence-electron chi connectivity index (χ2n) is 4.74. The highest BCUT2D eigenvalue weighted by molar-refractivity contribution is 5.45. The van der Waals surface area contributed by atoms with Gasteiger partial charge in [0.1, 0.15) is 5.76 Å². The van der Waals surface area contributed by atoms with Gasteiger partial charge in [-0.1, -0.05) is 19.1 Å². The summed E-state index contributed by atoms with van der Waals surface area (Å²) in [7, 11) is 0. The summed E-state index contributed by atoms with van der Waals surface area (Å²) in [4.78, 5) is 2.36. The van der Waals surface area contributed by atoms with Gasteiger partial charge in [0.15, 0.2) is 0 Å². The third-order valence-electron chi connectivity index (χ3n) is 3.18. The van der Waals surface area contributed by atoms with Gasteiger partial charge in [0.05, 0.1) is 12.8 Å². The fourth-order valence-corrected chi connectivity index (χ4v) is 2.09. The molecule has 0 spiro atoms. The molecule has 0 saturated heterocycles. The van der Waals surface area contributed by atoms with Crippen molar-refractivity contribution in [1.82, 2.24) is 4.90 Å². The van der Waals surface area contributed by atoms with Crippen molar-refractivity contribution < 1.29 is 4.42 Å². The summed E-state index contributed by atoms with van der Waals surface area (Å²) in [5.74, 6) is 1.03. The standard InChI is InChI=1S/C16H22N2O/c1-3-18(13-16-8-5-11-19-16)10-9-17-15-7-4-6-14(2)12-15/h4-8,11-12,17H,3,9-10,13H2,1-2H3. The molecule has 0 radical (unpaired) electrons. The van der Waals surface area contributed by atoms with Gasteiger partial charge in [-0.3, -0.25) is 4.90 Å². The normalized spacial score (nSPS) is 10.9. The third-order valence-corrected chi connectivity index (χ3v) is 3.18. The van der Waals surface area contributed by atoms with Crippen LogP contribution in [0.4, 0.5) is 5.69 Å². The molecule has 0 aliphatic rings. The Kier molecular flexibility index (Phi) is 5.04. The van der Waals surface area contributed by atoms with E-state index in [1.165, 1.54) is 11.3 Å². The number of anilines is 1. The van der Waals surface area contributed by atoms with E-state index in [-0.39, 0.29) is 0 Å². The number of rotatable bonds is 7. The van der Waals surface area contributed by atoms with Crippen molar-refractivity contribution in [2.45, 2.75) is 20.4 Å². The smallest absolute Gasteiger partial charge is 0.117 e. The second-order valence-corrected chi connectivity index (χ2v) is 4.74. The van der Waals surface area contributed by atoms with Gasteiger partial charge < -0.3 is 9.73 Å². The van der Waals surface area contributed by atoms with Gasteiger partial charge in [0.2, 0.25) is 0 Å². The number of nitrogens with one attached hydrogen (secondary N) is 1. The largest absolute Gasteiger partial charge is 0.468 e. The monoisotopic (exact) mass is 258 g/mol. The molecule has 3 nitrogen and oxygen atoms in total. The third kappa shape index (κ3) is 4.45. The number of benzene rings is 1. The predicted molar refractivity (Wildman–Crippen MR) is 79.3 cm³/mol. The zero-order chi connectivity index (χ0) is 13.5. The minimum Gasteiger partial charge on any atom is -0.468 e. The number of aryl methyl sites for hydroxylation is 1. The number of hydrogen-bond donors (Lipinski definition) is 1. The van der Waals surface area contributed by atoms with E-state index in [4.69, 9.17) is 4.42 Å². The molecule has 0 atom stereocenters. The lowest BCUT2D eigenvalue weighted by Gasteiger charge is -2.19. The molecule has 2 aromatic rings. The Balaban J connectivity index is 1.77. The molecule has 1 aromatic heterocycles. The van der Waals surface area contributed by atoms with E-state index in [0.717, 1.165) is 31.9 Å². The maximum Gasteiger partial charge on any atom is 0.117 e. The first-order chi connectivity index (χ1) is 9.28. The van der Waals surface area contributed by atoms with Crippen LogP contribution < -0.4 is 5.32 Å². The first-order valence-electron chi connectivity index (χ1n) is 6.83. The number of furan rings is 1. The van der Waals surface area contributed by atoms with E-state index in [2.05, 4.69) is 48.3 Å². The summed E-state index contributed by atoms with van der Waals surface area (Å²) < 4.78 is 5.38. The minimum absolute atomic E-state index is 0.874. The molecule has 0 aliphatic heterocycles. The van der Waals surface area contributed by atoms with E-state index >= 15 is 0 Å². The highest BCUT2D eigenvalue weighted by Gasteiger charge is 2.05. The van der Waals surface area contributed by atoms with E-state index in [0.29, 0.717) is 0 Å². The fourth-order valence-electron chi connectivity index (χ4n) is 2.09. The Morgan fingerprint density at radius 1 is 1.21 bits per heavy atom. The molecule has 1 heterocycles. The first kappa shape index (κ1) is 13.7. The second kappa shape index (κ2) is 7.00. The molecule has 2 rings (SSSR count). The van der Waals surface area contributed by atoms with Crippen molar-refractivity contribution in [2.75, 3.05) is 25.0 Å². The fraction of sp³-hybridized carbons (Fsp3) is 0.375. The Morgan fingerprint density at radius 3 is 2.79 bits per heavy atom. The molecule has 0 amide bonds. The number of nitrogens with zero attached hydrogens (tertiary/aromatic N) is 1. The Bertz CT molecular complexity index is 479. The van der Waals surface area contributed by atoms with Crippen molar-refractivity contribution in [2.24, 2.45) is 0 Å². The summed E-state index contributed by atoms with van der Waals surface area (Å²) in [6.45, 7) is 8.13. The van der Waals surface area contributed by atoms with Crippen LogP contribution in [-0.4, -0.2) is 24.5 Å². The molecule has 1 N–H and O–H groups in total. The quantitative estimate of drug-likeness (QED) is 0.823. The first-order valence-corrected chi connectivity index (χ1v) is 6.83. The Labute approximate surface area is 115 Å². The van der Waals surface area contributed by atoms with Crippen molar-refractivity contribution >= 4 is 5.69 Å². The van der Waals surface area contributed by atoms with Crippen LogP contribution in [0.3, 0.4) is 0 Å². The molecule has 0 saturated carbocycles. The van der Waals surface area contributed by atoms with Gasteiger partial charge in [-0.25, -0.2) is 0 Å². The highest BCUT2D eigenvalue weighted by atomic mass is 16.3. The van der Waals surface area contributed by atoms with Crippen LogP contribution in [0.25, 0.3) is 0 Å². The van der Waals surface area contributed by atoms with Crippen molar-refractivity contribution in [3.63, 3.8) is 0 Å². The Morgan fingerprint density at radius 2 is 2.11 bits per heavy atom. The molecule has 19 heavy (non-hydrogen) atoms. The van der Waals surface area contributed by atoms with Crippen LogP contribution in [0.1, 0.15) is 18.2 Å².